The van der Waals surface area contributed by atoms with Gasteiger partial charge in [0, 0.05) is 12.6 Å². The highest BCUT2D eigenvalue weighted by molar-refractivity contribution is 5.12. The van der Waals surface area contributed by atoms with E-state index in [0.717, 1.165) is 23.3 Å². The first-order chi connectivity index (χ1) is 5.32. The van der Waals surface area contributed by atoms with E-state index in [-0.39, 0.29) is 0 Å². The molecule has 1 saturated heterocycles. The fraction of sp³-hybridized carbons (Fsp3) is 1.00. The molecule has 2 aliphatic carbocycles. The largest absolute Gasteiger partial charge is 0.313 e. The van der Waals surface area contributed by atoms with Crippen LogP contribution in [0.2, 0.25) is 0 Å². The van der Waals surface area contributed by atoms with Gasteiger partial charge in [-0.25, -0.2) is 0 Å². The fourth-order valence-corrected chi connectivity index (χ4v) is 3.39. The van der Waals surface area contributed by atoms with Crippen LogP contribution in [0.15, 0.2) is 0 Å². The van der Waals surface area contributed by atoms with Gasteiger partial charge in [0.1, 0.15) is 0 Å². The second kappa shape index (κ2) is 1.82. The Morgan fingerprint density at radius 1 is 1.27 bits per heavy atom. The summed E-state index contributed by atoms with van der Waals surface area (Å²) >= 11 is 0. The highest BCUT2D eigenvalue weighted by Crippen LogP contribution is 2.60. The zero-order valence-electron chi connectivity index (χ0n) is 7.27. The molecule has 3 aliphatic rings. The van der Waals surface area contributed by atoms with Crippen molar-refractivity contribution in [3.8, 4) is 0 Å². The number of hydrogen-bond donors (Lipinski definition) is 1. The first kappa shape index (κ1) is 6.47. The lowest BCUT2D eigenvalue weighted by molar-refractivity contribution is 0.365. The summed E-state index contributed by atoms with van der Waals surface area (Å²) in [6.07, 6.45) is 6.03. The molecule has 0 aromatic rings. The molecule has 3 rings (SSSR count). The van der Waals surface area contributed by atoms with Crippen LogP contribution in [0.1, 0.15) is 32.6 Å². The molecular weight excluding hydrogens is 134 g/mol. The molecule has 2 saturated carbocycles. The Kier molecular flexibility index (Phi) is 1.07. The zero-order chi connectivity index (χ0) is 7.47. The lowest BCUT2D eigenvalue weighted by Crippen LogP contribution is -2.28. The molecule has 11 heavy (non-hydrogen) atoms. The summed E-state index contributed by atoms with van der Waals surface area (Å²) in [6, 6.07) is 0.900. The van der Waals surface area contributed by atoms with E-state index in [9.17, 15) is 0 Å². The maximum atomic E-state index is 3.72. The minimum atomic E-state index is 0.815. The summed E-state index contributed by atoms with van der Waals surface area (Å²) in [5.41, 5.74) is 0.815. The summed E-state index contributed by atoms with van der Waals surface area (Å²) in [5, 5.41) is 3.72. The van der Waals surface area contributed by atoms with E-state index in [1.807, 2.05) is 0 Å². The predicted molar refractivity (Wildman–Crippen MR) is 45.3 cm³/mol. The summed E-state index contributed by atoms with van der Waals surface area (Å²) < 4.78 is 0. The van der Waals surface area contributed by atoms with Crippen molar-refractivity contribution in [2.45, 2.75) is 38.6 Å². The Bertz CT molecular complexity index is 183. The first-order valence-electron chi connectivity index (χ1n) is 5.05. The monoisotopic (exact) mass is 151 g/mol. The molecule has 0 radical (unpaired) electrons. The van der Waals surface area contributed by atoms with Crippen molar-refractivity contribution in [1.82, 2.24) is 5.32 Å². The highest BCUT2D eigenvalue weighted by Gasteiger charge is 2.58. The van der Waals surface area contributed by atoms with Gasteiger partial charge in [0.2, 0.25) is 0 Å². The minimum absolute atomic E-state index is 0.815. The normalized spacial score (nSPS) is 51.5. The van der Waals surface area contributed by atoms with Crippen molar-refractivity contribution in [2.24, 2.45) is 17.3 Å². The first-order valence-corrected chi connectivity index (χ1v) is 5.05. The molecule has 1 N–H and O–H groups in total. The molecule has 62 valence electrons. The van der Waals surface area contributed by atoms with Crippen LogP contribution in [0, 0.1) is 17.3 Å². The molecule has 0 bridgehead atoms. The average molecular weight is 151 g/mol. The van der Waals surface area contributed by atoms with Gasteiger partial charge in [-0.3, -0.25) is 0 Å². The second-order valence-electron chi connectivity index (χ2n) is 4.93. The minimum Gasteiger partial charge on any atom is -0.313 e. The molecular formula is C10H17N. The molecule has 3 unspecified atom stereocenters. The number of nitrogens with one attached hydrogen (secondary N) is 1. The maximum Gasteiger partial charge on any atom is 0.0127 e. The van der Waals surface area contributed by atoms with Gasteiger partial charge in [-0.2, -0.15) is 0 Å². The molecule has 1 spiro atoms. The summed E-state index contributed by atoms with van der Waals surface area (Å²) in [4.78, 5) is 0. The van der Waals surface area contributed by atoms with Gasteiger partial charge in [0.05, 0.1) is 0 Å². The van der Waals surface area contributed by atoms with Gasteiger partial charge in [-0.15, -0.1) is 0 Å². The van der Waals surface area contributed by atoms with Crippen molar-refractivity contribution in [3.63, 3.8) is 0 Å². The van der Waals surface area contributed by atoms with Gasteiger partial charge in [-0.1, -0.05) is 6.92 Å². The Morgan fingerprint density at radius 2 is 2.09 bits per heavy atom. The van der Waals surface area contributed by atoms with Crippen molar-refractivity contribution >= 4 is 0 Å². The van der Waals surface area contributed by atoms with Gasteiger partial charge < -0.3 is 5.32 Å². The lowest BCUT2D eigenvalue weighted by Gasteiger charge is -2.16. The Balaban J connectivity index is 1.88. The lowest BCUT2D eigenvalue weighted by atomic mass is 9.89. The third-order valence-corrected chi connectivity index (χ3v) is 4.35. The van der Waals surface area contributed by atoms with Crippen LogP contribution in [-0.2, 0) is 0 Å². The Hall–Kier alpha value is -0.0400. The van der Waals surface area contributed by atoms with Crippen molar-refractivity contribution in [1.29, 1.82) is 0 Å². The molecule has 1 heteroatoms. The van der Waals surface area contributed by atoms with Crippen LogP contribution in [0.3, 0.4) is 0 Å². The summed E-state index contributed by atoms with van der Waals surface area (Å²) in [7, 11) is 0. The SMILES string of the molecule is CC1CCC2C1NCC21CC1. The van der Waals surface area contributed by atoms with Crippen LogP contribution in [0.5, 0.6) is 0 Å². The van der Waals surface area contributed by atoms with Crippen LogP contribution >= 0.6 is 0 Å². The van der Waals surface area contributed by atoms with E-state index in [0.29, 0.717) is 0 Å². The van der Waals surface area contributed by atoms with E-state index in [2.05, 4.69) is 12.2 Å². The topological polar surface area (TPSA) is 12.0 Å². The average Bonchev–Trinajstić information content (AvgIpc) is 2.53. The quantitative estimate of drug-likeness (QED) is 0.556. The summed E-state index contributed by atoms with van der Waals surface area (Å²) in [6.45, 7) is 3.76. The van der Waals surface area contributed by atoms with Crippen molar-refractivity contribution < 1.29 is 0 Å². The zero-order valence-corrected chi connectivity index (χ0v) is 7.27. The van der Waals surface area contributed by atoms with Gasteiger partial charge in [-0.05, 0) is 42.9 Å². The smallest absolute Gasteiger partial charge is 0.0127 e. The number of rotatable bonds is 0. The van der Waals surface area contributed by atoms with Gasteiger partial charge >= 0.3 is 0 Å². The van der Waals surface area contributed by atoms with Crippen LogP contribution < -0.4 is 5.32 Å². The molecule has 1 heterocycles. The third kappa shape index (κ3) is 0.703. The predicted octanol–water partition coefficient (Wildman–Crippen LogP) is 1.78. The molecule has 1 nitrogen and oxygen atoms in total. The molecule has 1 aliphatic heterocycles. The molecule has 3 fully saturated rings. The van der Waals surface area contributed by atoms with Gasteiger partial charge in [0.15, 0.2) is 0 Å². The van der Waals surface area contributed by atoms with Crippen molar-refractivity contribution in [3.05, 3.63) is 0 Å². The van der Waals surface area contributed by atoms with E-state index >= 15 is 0 Å². The number of fused-ring (bicyclic) bond motifs is 2. The molecule has 3 atom stereocenters. The number of hydrogen-bond acceptors (Lipinski definition) is 1. The fourth-order valence-electron chi connectivity index (χ4n) is 3.39. The molecule has 0 aromatic carbocycles. The van der Waals surface area contributed by atoms with Crippen molar-refractivity contribution in [2.75, 3.05) is 6.54 Å². The summed E-state index contributed by atoms with van der Waals surface area (Å²) in [5.74, 6) is 2.03. The second-order valence-corrected chi connectivity index (χ2v) is 4.93. The van der Waals surface area contributed by atoms with Crippen LogP contribution in [0.4, 0.5) is 0 Å². The maximum absolute atomic E-state index is 3.72. The van der Waals surface area contributed by atoms with E-state index in [1.54, 1.807) is 0 Å². The van der Waals surface area contributed by atoms with E-state index in [1.165, 1.54) is 32.2 Å². The Morgan fingerprint density at radius 3 is 2.82 bits per heavy atom. The van der Waals surface area contributed by atoms with E-state index < -0.39 is 0 Å². The van der Waals surface area contributed by atoms with Crippen LogP contribution in [0.25, 0.3) is 0 Å². The molecule has 0 aromatic heterocycles. The van der Waals surface area contributed by atoms with E-state index in [4.69, 9.17) is 0 Å². The highest BCUT2D eigenvalue weighted by atomic mass is 15.0. The Labute approximate surface area is 68.6 Å². The molecule has 0 amide bonds. The van der Waals surface area contributed by atoms with Gasteiger partial charge in [0.25, 0.3) is 0 Å². The standard InChI is InChI=1S/C10H17N/c1-7-2-3-8-9(7)11-6-10(8)4-5-10/h7-9,11H,2-6H2,1H3. The van der Waals surface area contributed by atoms with Crippen LogP contribution in [-0.4, -0.2) is 12.6 Å². The third-order valence-electron chi connectivity index (χ3n) is 4.35.